The van der Waals surface area contributed by atoms with E-state index in [0.29, 0.717) is 4.83 Å². The Balaban J connectivity index is 1.90. The van der Waals surface area contributed by atoms with E-state index in [1.54, 1.807) is 0 Å². The van der Waals surface area contributed by atoms with Gasteiger partial charge in [0.1, 0.15) is 0 Å². The van der Waals surface area contributed by atoms with Crippen molar-refractivity contribution in [3.63, 3.8) is 0 Å². The molecular weight excluding hydrogens is 244 g/mol. The van der Waals surface area contributed by atoms with Gasteiger partial charge >= 0.3 is 0 Å². The minimum atomic E-state index is 0.693. The molecule has 1 aromatic heterocycles. The van der Waals surface area contributed by atoms with Crippen LogP contribution in [0.1, 0.15) is 31.5 Å². The van der Waals surface area contributed by atoms with Gasteiger partial charge in [0.2, 0.25) is 0 Å². The van der Waals surface area contributed by atoms with Crippen molar-refractivity contribution in [1.29, 1.82) is 0 Å². The van der Waals surface area contributed by atoms with Crippen molar-refractivity contribution in [3.8, 4) is 0 Å². The average Bonchev–Trinajstić information content (AvgIpc) is 2.51. The molecule has 0 saturated heterocycles. The molecule has 1 aliphatic rings. The first kappa shape index (κ1) is 10.1. The maximum absolute atomic E-state index is 4.21. The lowest BCUT2D eigenvalue weighted by molar-refractivity contribution is 0.362. The third-order valence-corrected chi connectivity index (χ3v) is 3.57. The first-order valence-electron chi connectivity index (χ1n) is 5.11. The molecular formula is C9H15BrN4. The van der Waals surface area contributed by atoms with Gasteiger partial charge in [0.25, 0.3) is 0 Å². The fourth-order valence-corrected chi connectivity index (χ4v) is 2.93. The smallest absolute Gasteiger partial charge is 0.167 e. The number of nitrogens with zero attached hydrogens (tertiary/aromatic N) is 4. The Morgan fingerprint density at radius 2 is 2.36 bits per heavy atom. The second-order valence-corrected chi connectivity index (χ2v) is 5.32. The van der Waals surface area contributed by atoms with Gasteiger partial charge in [-0.3, -0.25) is 0 Å². The predicted octanol–water partition coefficient (Wildman–Crippen LogP) is 1.71. The van der Waals surface area contributed by atoms with Gasteiger partial charge in [-0.1, -0.05) is 22.4 Å². The van der Waals surface area contributed by atoms with Gasteiger partial charge in [0.15, 0.2) is 5.82 Å². The van der Waals surface area contributed by atoms with Crippen LogP contribution in [0.3, 0.4) is 0 Å². The number of rotatable bonds is 2. The van der Waals surface area contributed by atoms with Crippen LogP contribution < -0.4 is 0 Å². The van der Waals surface area contributed by atoms with Crippen LogP contribution in [0, 0.1) is 5.92 Å². The summed E-state index contributed by atoms with van der Waals surface area (Å²) < 4.78 is 0. The molecule has 2 atom stereocenters. The first-order chi connectivity index (χ1) is 6.74. The van der Waals surface area contributed by atoms with Crippen LogP contribution in [0.5, 0.6) is 0 Å². The Labute approximate surface area is 92.2 Å². The number of aromatic nitrogens is 4. The highest BCUT2D eigenvalue weighted by Crippen LogP contribution is 2.30. The topological polar surface area (TPSA) is 43.6 Å². The number of hydrogen-bond donors (Lipinski definition) is 0. The van der Waals surface area contributed by atoms with E-state index < -0.39 is 0 Å². The summed E-state index contributed by atoms with van der Waals surface area (Å²) in [6.07, 6.45) is 6.17. The summed E-state index contributed by atoms with van der Waals surface area (Å²) in [7, 11) is 1.81. The molecule has 5 heteroatoms. The molecule has 14 heavy (non-hydrogen) atoms. The molecule has 0 bridgehead atoms. The fourth-order valence-electron chi connectivity index (χ4n) is 2.07. The predicted molar refractivity (Wildman–Crippen MR) is 57.2 cm³/mol. The zero-order valence-corrected chi connectivity index (χ0v) is 9.94. The Kier molecular flexibility index (Phi) is 3.15. The molecule has 1 aromatic rings. The maximum atomic E-state index is 4.21. The summed E-state index contributed by atoms with van der Waals surface area (Å²) in [5.74, 6) is 1.62. The molecule has 0 radical (unpaired) electrons. The Hall–Kier alpha value is -0.450. The molecule has 1 aliphatic carbocycles. The van der Waals surface area contributed by atoms with Crippen LogP contribution in [0.2, 0.25) is 0 Å². The summed E-state index contributed by atoms with van der Waals surface area (Å²) in [4.78, 5) is 2.22. The van der Waals surface area contributed by atoms with E-state index in [1.807, 2.05) is 7.05 Å². The quantitative estimate of drug-likeness (QED) is 0.759. The van der Waals surface area contributed by atoms with Crippen LogP contribution in [-0.4, -0.2) is 25.0 Å². The van der Waals surface area contributed by atoms with Crippen molar-refractivity contribution < 1.29 is 0 Å². The molecule has 1 saturated carbocycles. The van der Waals surface area contributed by atoms with E-state index in [9.17, 15) is 0 Å². The summed E-state index contributed by atoms with van der Waals surface area (Å²) >= 11 is 3.69. The fraction of sp³-hybridized carbons (Fsp3) is 0.889. The minimum absolute atomic E-state index is 0.693. The highest BCUT2D eigenvalue weighted by Gasteiger charge is 2.21. The van der Waals surface area contributed by atoms with Gasteiger partial charge in [-0.15, -0.1) is 10.2 Å². The Bertz CT molecular complexity index is 299. The number of halogens is 1. The van der Waals surface area contributed by atoms with Crippen molar-refractivity contribution in [1.82, 2.24) is 20.2 Å². The van der Waals surface area contributed by atoms with Crippen LogP contribution >= 0.6 is 15.9 Å². The molecule has 1 heterocycles. The van der Waals surface area contributed by atoms with E-state index >= 15 is 0 Å². The van der Waals surface area contributed by atoms with Crippen LogP contribution in [-0.2, 0) is 13.5 Å². The third kappa shape index (κ3) is 2.53. The lowest BCUT2D eigenvalue weighted by Crippen LogP contribution is -2.17. The highest BCUT2D eigenvalue weighted by atomic mass is 79.9. The maximum Gasteiger partial charge on any atom is 0.175 e. The van der Waals surface area contributed by atoms with Gasteiger partial charge in [-0.05, 0) is 30.4 Å². The number of aryl methyl sites for hydroxylation is 1. The Morgan fingerprint density at radius 1 is 1.50 bits per heavy atom. The second-order valence-electron chi connectivity index (χ2n) is 4.03. The van der Waals surface area contributed by atoms with Crippen molar-refractivity contribution in [2.45, 2.75) is 36.9 Å². The number of alkyl halides is 1. The molecule has 0 amide bonds. The van der Waals surface area contributed by atoms with Gasteiger partial charge in [-0.25, -0.2) is 0 Å². The van der Waals surface area contributed by atoms with Crippen molar-refractivity contribution in [2.75, 3.05) is 0 Å². The third-order valence-electron chi connectivity index (χ3n) is 2.74. The van der Waals surface area contributed by atoms with Gasteiger partial charge in [-0.2, -0.15) is 4.80 Å². The van der Waals surface area contributed by atoms with Gasteiger partial charge in [0, 0.05) is 11.2 Å². The summed E-state index contributed by atoms with van der Waals surface area (Å²) in [5, 5.41) is 12.1. The highest BCUT2D eigenvalue weighted by molar-refractivity contribution is 9.09. The lowest BCUT2D eigenvalue weighted by Gasteiger charge is -2.24. The first-order valence-corrected chi connectivity index (χ1v) is 6.02. The summed E-state index contributed by atoms with van der Waals surface area (Å²) in [6.45, 7) is 0. The van der Waals surface area contributed by atoms with Crippen LogP contribution in [0.4, 0.5) is 0 Å². The Morgan fingerprint density at radius 3 is 3.00 bits per heavy atom. The summed E-state index contributed by atoms with van der Waals surface area (Å²) in [5.41, 5.74) is 0. The monoisotopic (exact) mass is 258 g/mol. The zero-order chi connectivity index (χ0) is 9.97. The molecule has 2 unspecified atom stereocenters. The lowest BCUT2D eigenvalue weighted by atomic mass is 9.87. The standard InChI is InChI=1S/C9H15BrN4/c1-14-12-9(11-13-14)6-7-3-2-4-8(10)5-7/h7-8H,2-6H2,1H3. The molecule has 0 N–H and O–H groups in total. The van der Waals surface area contributed by atoms with Gasteiger partial charge in [0.05, 0.1) is 7.05 Å². The molecule has 0 aromatic carbocycles. The zero-order valence-electron chi connectivity index (χ0n) is 8.36. The molecule has 0 spiro atoms. The van der Waals surface area contributed by atoms with Gasteiger partial charge < -0.3 is 0 Å². The van der Waals surface area contributed by atoms with Crippen molar-refractivity contribution in [3.05, 3.63) is 5.82 Å². The normalized spacial score (nSPS) is 27.9. The van der Waals surface area contributed by atoms with Crippen LogP contribution in [0.15, 0.2) is 0 Å². The number of hydrogen-bond acceptors (Lipinski definition) is 3. The molecule has 1 fully saturated rings. The van der Waals surface area contributed by atoms with E-state index in [1.165, 1.54) is 30.5 Å². The molecule has 0 aliphatic heterocycles. The van der Waals surface area contributed by atoms with Crippen molar-refractivity contribution >= 4 is 15.9 Å². The van der Waals surface area contributed by atoms with E-state index in [0.717, 1.165) is 18.2 Å². The van der Waals surface area contributed by atoms with E-state index in [2.05, 4.69) is 31.3 Å². The molecule has 78 valence electrons. The molecule has 2 rings (SSSR count). The van der Waals surface area contributed by atoms with Crippen molar-refractivity contribution in [2.24, 2.45) is 13.0 Å². The van der Waals surface area contributed by atoms with Crippen LogP contribution in [0.25, 0.3) is 0 Å². The summed E-state index contributed by atoms with van der Waals surface area (Å²) in [6, 6.07) is 0. The largest absolute Gasteiger partial charge is 0.175 e. The molecule has 4 nitrogen and oxygen atoms in total. The number of tetrazole rings is 1. The van der Waals surface area contributed by atoms with E-state index in [4.69, 9.17) is 0 Å². The van der Waals surface area contributed by atoms with E-state index in [-0.39, 0.29) is 0 Å². The SMILES string of the molecule is Cn1nnc(CC2CCCC(Br)C2)n1. The second kappa shape index (κ2) is 4.38. The average molecular weight is 259 g/mol. The minimum Gasteiger partial charge on any atom is -0.167 e.